The second kappa shape index (κ2) is 6.31. The summed E-state index contributed by atoms with van der Waals surface area (Å²) in [6.45, 7) is 0. The minimum Gasteiger partial charge on any atom is -0.465 e. The van der Waals surface area contributed by atoms with Crippen LogP contribution in [0.2, 0.25) is 5.02 Å². The summed E-state index contributed by atoms with van der Waals surface area (Å²) in [6.07, 6.45) is 1.87. The lowest BCUT2D eigenvalue weighted by Crippen LogP contribution is -2.00. The van der Waals surface area contributed by atoms with E-state index in [2.05, 4.69) is 6.07 Å². The van der Waals surface area contributed by atoms with Gasteiger partial charge in [-0.15, -0.1) is 23.1 Å². The molecule has 0 spiro atoms. The molecule has 0 aliphatic rings. The minimum atomic E-state index is -0.457. The van der Waals surface area contributed by atoms with Crippen molar-refractivity contribution in [3.63, 3.8) is 0 Å². The predicted molar refractivity (Wildman–Crippen MR) is 82.6 cm³/mol. The van der Waals surface area contributed by atoms with E-state index in [9.17, 15) is 10.1 Å². The summed E-state index contributed by atoms with van der Waals surface area (Å²) in [6, 6.07) is 9.31. The first-order valence-corrected chi connectivity index (χ1v) is 8.00. The fourth-order valence-corrected chi connectivity index (χ4v) is 3.89. The van der Waals surface area contributed by atoms with Crippen molar-refractivity contribution in [1.29, 1.82) is 5.26 Å². The minimum absolute atomic E-state index is 0.404. The molecule has 0 bridgehead atoms. The Labute approximate surface area is 130 Å². The van der Waals surface area contributed by atoms with Gasteiger partial charge >= 0.3 is 5.97 Å². The quantitative estimate of drug-likeness (QED) is 0.618. The molecule has 0 unspecified atom stereocenters. The molecule has 3 nitrogen and oxygen atoms in total. The van der Waals surface area contributed by atoms with Crippen LogP contribution in [0.5, 0.6) is 0 Å². The number of carbonyl (C=O) groups excluding carboxylic acids is 1. The number of ether oxygens (including phenoxy) is 1. The van der Waals surface area contributed by atoms with Crippen molar-refractivity contribution in [3.8, 4) is 17.2 Å². The molecule has 0 aliphatic carbocycles. The molecule has 0 saturated heterocycles. The van der Waals surface area contributed by atoms with Gasteiger partial charge in [0, 0.05) is 16.1 Å². The standard InChI is InChI=1S/C14H10ClNO2S2/c1-18-13(17)12-11(8-5-3-4-6-10(8)15)9(7-16)14(19-2)20-12/h3-6H,1-2H3. The second-order valence-electron chi connectivity index (χ2n) is 3.76. The second-order valence-corrected chi connectivity index (χ2v) is 6.26. The van der Waals surface area contributed by atoms with Crippen molar-refractivity contribution in [2.24, 2.45) is 0 Å². The molecule has 2 aromatic rings. The number of methoxy groups -OCH3 is 1. The zero-order valence-corrected chi connectivity index (χ0v) is 13.2. The Kier molecular flexibility index (Phi) is 4.71. The van der Waals surface area contributed by atoms with Crippen molar-refractivity contribution in [3.05, 3.63) is 39.7 Å². The van der Waals surface area contributed by atoms with Gasteiger partial charge in [0.1, 0.15) is 10.9 Å². The van der Waals surface area contributed by atoms with Crippen LogP contribution in [-0.4, -0.2) is 19.3 Å². The number of carbonyl (C=O) groups is 1. The first kappa shape index (κ1) is 14.9. The molecule has 1 heterocycles. The number of hydrogen-bond acceptors (Lipinski definition) is 5. The van der Waals surface area contributed by atoms with Crippen LogP contribution in [0.3, 0.4) is 0 Å². The third-order valence-corrected chi connectivity index (χ3v) is 5.31. The van der Waals surface area contributed by atoms with Crippen molar-refractivity contribution >= 4 is 40.7 Å². The van der Waals surface area contributed by atoms with E-state index in [0.29, 0.717) is 26.6 Å². The average molecular weight is 324 g/mol. The molecule has 0 radical (unpaired) electrons. The Bertz CT molecular complexity index is 704. The maximum atomic E-state index is 11.9. The van der Waals surface area contributed by atoms with Gasteiger partial charge in [-0.05, 0) is 12.3 Å². The van der Waals surface area contributed by atoms with Crippen LogP contribution < -0.4 is 0 Å². The number of thioether (sulfide) groups is 1. The molecule has 1 aromatic heterocycles. The fraction of sp³-hybridized carbons (Fsp3) is 0.143. The van der Waals surface area contributed by atoms with Gasteiger partial charge in [-0.1, -0.05) is 29.8 Å². The van der Waals surface area contributed by atoms with Crippen LogP contribution in [0, 0.1) is 11.3 Å². The number of hydrogen-bond donors (Lipinski definition) is 0. The lowest BCUT2D eigenvalue weighted by Gasteiger charge is -2.05. The van der Waals surface area contributed by atoms with Gasteiger partial charge < -0.3 is 4.74 Å². The lowest BCUT2D eigenvalue weighted by atomic mass is 10.0. The molecular formula is C14H10ClNO2S2. The highest BCUT2D eigenvalue weighted by atomic mass is 35.5. The fourth-order valence-electron chi connectivity index (χ4n) is 1.81. The van der Waals surface area contributed by atoms with Crippen molar-refractivity contribution in [2.45, 2.75) is 4.21 Å². The third-order valence-electron chi connectivity index (χ3n) is 2.69. The number of rotatable bonds is 3. The Hall–Kier alpha value is -1.48. The van der Waals surface area contributed by atoms with Crippen molar-refractivity contribution in [1.82, 2.24) is 0 Å². The van der Waals surface area contributed by atoms with Crippen LogP contribution in [0.4, 0.5) is 0 Å². The SMILES string of the molecule is COC(=O)c1sc(SC)c(C#N)c1-c1ccccc1Cl. The largest absolute Gasteiger partial charge is 0.465 e. The van der Waals surface area contributed by atoms with E-state index >= 15 is 0 Å². The van der Waals surface area contributed by atoms with Gasteiger partial charge in [-0.3, -0.25) is 0 Å². The van der Waals surface area contributed by atoms with Gasteiger partial charge in [0.15, 0.2) is 0 Å². The first-order chi connectivity index (χ1) is 9.63. The van der Waals surface area contributed by atoms with Gasteiger partial charge in [-0.2, -0.15) is 5.26 Å². The summed E-state index contributed by atoms with van der Waals surface area (Å²) < 4.78 is 5.59. The normalized spacial score (nSPS) is 10.1. The van der Waals surface area contributed by atoms with Crippen molar-refractivity contribution < 1.29 is 9.53 Å². The maximum Gasteiger partial charge on any atom is 0.348 e. The van der Waals surface area contributed by atoms with Crippen LogP contribution >= 0.6 is 34.7 Å². The predicted octanol–water partition coefficient (Wildman–Crippen LogP) is 4.45. The smallest absolute Gasteiger partial charge is 0.348 e. The highest BCUT2D eigenvalue weighted by Gasteiger charge is 2.25. The summed E-state index contributed by atoms with van der Waals surface area (Å²) in [5.41, 5.74) is 1.69. The molecule has 0 atom stereocenters. The highest BCUT2D eigenvalue weighted by molar-refractivity contribution is 8.00. The molecule has 102 valence electrons. The molecule has 20 heavy (non-hydrogen) atoms. The zero-order chi connectivity index (χ0) is 14.7. The Morgan fingerprint density at radius 2 is 2.15 bits per heavy atom. The maximum absolute atomic E-state index is 11.9. The van der Waals surface area contributed by atoms with Crippen LogP contribution in [0.25, 0.3) is 11.1 Å². The lowest BCUT2D eigenvalue weighted by molar-refractivity contribution is 0.0607. The summed E-state index contributed by atoms with van der Waals surface area (Å²) >= 11 is 8.88. The number of benzene rings is 1. The third kappa shape index (κ3) is 2.55. The molecule has 0 amide bonds. The average Bonchev–Trinajstić information content (AvgIpc) is 2.85. The summed E-state index contributed by atoms with van der Waals surface area (Å²) in [4.78, 5) is 12.3. The number of esters is 1. The Balaban J connectivity index is 2.79. The van der Waals surface area contributed by atoms with E-state index in [1.54, 1.807) is 18.2 Å². The Morgan fingerprint density at radius 1 is 1.45 bits per heavy atom. The zero-order valence-electron chi connectivity index (χ0n) is 10.8. The number of nitrogens with zero attached hydrogens (tertiary/aromatic N) is 1. The topological polar surface area (TPSA) is 50.1 Å². The van der Waals surface area contributed by atoms with Crippen LogP contribution in [-0.2, 0) is 4.74 Å². The van der Waals surface area contributed by atoms with E-state index in [-0.39, 0.29) is 0 Å². The highest BCUT2D eigenvalue weighted by Crippen LogP contribution is 2.43. The number of nitriles is 1. The molecule has 0 fully saturated rings. The van der Waals surface area contributed by atoms with Crippen LogP contribution in [0.15, 0.2) is 28.5 Å². The van der Waals surface area contributed by atoms with Crippen LogP contribution in [0.1, 0.15) is 15.2 Å². The monoisotopic (exact) mass is 323 g/mol. The summed E-state index contributed by atoms with van der Waals surface area (Å²) in [5.74, 6) is -0.457. The van der Waals surface area contributed by atoms with Crippen molar-refractivity contribution in [2.75, 3.05) is 13.4 Å². The molecule has 0 aliphatic heterocycles. The number of halogens is 1. The van der Waals surface area contributed by atoms with E-state index in [1.807, 2.05) is 12.3 Å². The van der Waals surface area contributed by atoms with Gasteiger partial charge in [0.2, 0.25) is 0 Å². The van der Waals surface area contributed by atoms with E-state index in [0.717, 1.165) is 4.21 Å². The van der Waals surface area contributed by atoms with E-state index in [4.69, 9.17) is 16.3 Å². The molecular weight excluding hydrogens is 314 g/mol. The Morgan fingerprint density at radius 3 is 2.70 bits per heavy atom. The molecule has 6 heteroatoms. The number of thiophene rings is 1. The molecule has 0 N–H and O–H groups in total. The van der Waals surface area contributed by atoms with Gasteiger partial charge in [-0.25, -0.2) is 4.79 Å². The van der Waals surface area contributed by atoms with Gasteiger partial charge in [0.05, 0.1) is 16.9 Å². The van der Waals surface area contributed by atoms with Gasteiger partial charge in [0.25, 0.3) is 0 Å². The first-order valence-electron chi connectivity index (χ1n) is 5.58. The van der Waals surface area contributed by atoms with E-state index < -0.39 is 5.97 Å². The summed E-state index contributed by atoms with van der Waals surface area (Å²) in [5, 5.41) is 9.90. The van der Waals surface area contributed by atoms with E-state index in [1.165, 1.54) is 30.2 Å². The summed E-state index contributed by atoms with van der Waals surface area (Å²) in [7, 11) is 1.32. The molecule has 0 saturated carbocycles. The molecule has 1 aromatic carbocycles. The molecule has 2 rings (SSSR count).